The van der Waals surface area contributed by atoms with Crippen molar-refractivity contribution >= 4 is 5.97 Å². The van der Waals surface area contributed by atoms with Gasteiger partial charge in [0, 0.05) is 18.6 Å². The van der Waals surface area contributed by atoms with Crippen molar-refractivity contribution in [1.29, 1.82) is 0 Å². The lowest BCUT2D eigenvalue weighted by Crippen LogP contribution is -2.52. The molecule has 1 unspecified atom stereocenters. The molecule has 20 heavy (non-hydrogen) atoms. The summed E-state index contributed by atoms with van der Waals surface area (Å²) in [7, 11) is 4.28. The zero-order valence-corrected chi connectivity index (χ0v) is 13.7. The third-order valence-corrected chi connectivity index (χ3v) is 3.83. The molecular weight excluding hydrogens is 254 g/mol. The summed E-state index contributed by atoms with van der Waals surface area (Å²) in [6, 6.07) is 0.736. The molecule has 0 radical (unpaired) electrons. The van der Waals surface area contributed by atoms with Crippen LogP contribution in [0, 0.1) is 0 Å². The van der Waals surface area contributed by atoms with Gasteiger partial charge in [-0.05, 0) is 47.0 Å². The van der Waals surface area contributed by atoms with Gasteiger partial charge in [-0.25, -0.2) is 0 Å². The van der Waals surface area contributed by atoms with E-state index in [0.717, 1.165) is 19.6 Å². The van der Waals surface area contributed by atoms with Crippen molar-refractivity contribution in [1.82, 2.24) is 15.1 Å². The maximum absolute atomic E-state index is 12.0. The SMILES string of the molecule is CCOC(=O)C(CN1CCC(N(C)C)CC1)NC(C)C. The molecule has 1 heterocycles. The Labute approximate surface area is 123 Å². The fourth-order valence-corrected chi connectivity index (χ4v) is 2.72. The minimum absolute atomic E-state index is 0.129. The number of hydrogen-bond acceptors (Lipinski definition) is 5. The Morgan fingerprint density at radius 2 is 1.95 bits per heavy atom. The highest BCUT2D eigenvalue weighted by atomic mass is 16.5. The van der Waals surface area contributed by atoms with Gasteiger partial charge in [0.2, 0.25) is 0 Å². The number of carbonyl (C=O) groups excluding carboxylic acids is 1. The van der Waals surface area contributed by atoms with Crippen LogP contribution in [0.2, 0.25) is 0 Å². The lowest BCUT2D eigenvalue weighted by atomic mass is 10.0. The number of piperidine rings is 1. The van der Waals surface area contributed by atoms with Crippen molar-refractivity contribution in [2.45, 2.75) is 51.7 Å². The van der Waals surface area contributed by atoms with Crippen molar-refractivity contribution < 1.29 is 9.53 Å². The fourth-order valence-electron chi connectivity index (χ4n) is 2.72. The van der Waals surface area contributed by atoms with Crippen LogP contribution in [0.15, 0.2) is 0 Å². The zero-order chi connectivity index (χ0) is 15.1. The van der Waals surface area contributed by atoms with E-state index >= 15 is 0 Å². The zero-order valence-electron chi connectivity index (χ0n) is 13.7. The highest BCUT2D eigenvalue weighted by Crippen LogP contribution is 2.14. The first-order valence-electron chi connectivity index (χ1n) is 7.75. The summed E-state index contributed by atoms with van der Waals surface area (Å²) in [6.45, 7) is 9.27. The van der Waals surface area contributed by atoms with Crippen molar-refractivity contribution in [3.05, 3.63) is 0 Å². The maximum atomic E-state index is 12.0. The average molecular weight is 285 g/mol. The van der Waals surface area contributed by atoms with Crippen LogP contribution in [0.1, 0.15) is 33.6 Å². The molecule has 1 aliphatic heterocycles. The van der Waals surface area contributed by atoms with Crippen LogP contribution in [0.4, 0.5) is 0 Å². The summed E-state index contributed by atoms with van der Waals surface area (Å²) in [5, 5.41) is 3.32. The van der Waals surface area contributed by atoms with Crippen molar-refractivity contribution in [2.75, 3.05) is 40.3 Å². The van der Waals surface area contributed by atoms with Crippen LogP contribution in [0.25, 0.3) is 0 Å². The van der Waals surface area contributed by atoms with Crippen LogP contribution in [-0.2, 0) is 9.53 Å². The molecule has 1 rings (SSSR count). The molecule has 0 amide bonds. The maximum Gasteiger partial charge on any atom is 0.324 e. The predicted octanol–water partition coefficient (Wildman–Crippen LogP) is 0.942. The van der Waals surface area contributed by atoms with Gasteiger partial charge in [0.1, 0.15) is 6.04 Å². The third kappa shape index (κ3) is 5.77. The number of likely N-dealkylation sites (tertiary alicyclic amines) is 1. The highest BCUT2D eigenvalue weighted by molar-refractivity contribution is 5.76. The second kappa shape index (κ2) is 8.60. The summed E-state index contributed by atoms with van der Waals surface area (Å²) in [6.07, 6.45) is 2.34. The monoisotopic (exact) mass is 285 g/mol. The number of hydrogen-bond donors (Lipinski definition) is 1. The van der Waals surface area contributed by atoms with Crippen LogP contribution in [-0.4, -0.2) is 74.2 Å². The molecule has 5 heteroatoms. The molecule has 0 bridgehead atoms. The van der Waals surface area contributed by atoms with Crippen molar-refractivity contribution in [3.63, 3.8) is 0 Å². The largest absolute Gasteiger partial charge is 0.465 e. The molecule has 0 aromatic carbocycles. The second-order valence-corrected chi connectivity index (χ2v) is 6.12. The minimum Gasteiger partial charge on any atom is -0.465 e. The molecule has 1 saturated heterocycles. The van der Waals surface area contributed by atoms with Gasteiger partial charge in [-0.3, -0.25) is 4.79 Å². The van der Waals surface area contributed by atoms with Gasteiger partial charge < -0.3 is 19.9 Å². The molecule has 1 fully saturated rings. The molecule has 1 N–H and O–H groups in total. The Morgan fingerprint density at radius 3 is 2.40 bits per heavy atom. The Balaban J connectivity index is 2.47. The Morgan fingerprint density at radius 1 is 1.35 bits per heavy atom. The number of ether oxygens (including phenoxy) is 1. The molecule has 118 valence electrons. The van der Waals surface area contributed by atoms with E-state index in [1.807, 2.05) is 6.92 Å². The molecule has 0 aromatic heterocycles. The predicted molar refractivity (Wildman–Crippen MR) is 81.8 cm³/mol. The topological polar surface area (TPSA) is 44.8 Å². The summed E-state index contributed by atoms with van der Waals surface area (Å²) in [5.74, 6) is -0.129. The van der Waals surface area contributed by atoms with E-state index in [0.29, 0.717) is 12.6 Å². The van der Waals surface area contributed by atoms with Gasteiger partial charge in [-0.2, -0.15) is 0 Å². The van der Waals surface area contributed by atoms with E-state index in [4.69, 9.17) is 4.74 Å². The Bertz CT molecular complexity index is 287. The van der Waals surface area contributed by atoms with E-state index in [2.05, 4.69) is 43.1 Å². The number of nitrogens with one attached hydrogen (secondary N) is 1. The van der Waals surface area contributed by atoms with Gasteiger partial charge in [0.25, 0.3) is 0 Å². The standard InChI is InChI=1S/C15H31N3O2/c1-6-20-15(19)14(16-12(2)3)11-18-9-7-13(8-10-18)17(4)5/h12-14,16H,6-11H2,1-5H3. The smallest absolute Gasteiger partial charge is 0.324 e. The van der Waals surface area contributed by atoms with E-state index < -0.39 is 0 Å². The third-order valence-electron chi connectivity index (χ3n) is 3.83. The molecule has 0 spiro atoms. The van der Waals surface area contributed by atoms with Gasteiger partial charge in [-0.15, -0.1) is 0 Å². The molecule has 5 nitrogen and oxygen atoms in total. The lowest BCUT2D eigenvalue weighted by Gasteiger charge is -2.36. The van der Waals surface area contributed by atoms with Gasteiger partial charge in [0.15, 0.2) is 0 Å². The Kier molecular flexibility index (Phi) is 7.48. The molecule has 0 saturated carbocycles. The summed E-state index contributed by atoms with van der Waals surface area (Å²) >= 11 is 0. The Hall–Kier alpha value is -0.650. The van der Waals surface area contributed by atoms with Crippen LogP contribution in [0.5, 0.6) is 0 Å². The number of esters is 1. The van der Waals surface area contributed by atoms with E-state index in [-0.39, 0.29) is 18.1 Å². The second-order valence-electron chi connectivity index (χ2n) is 6.12. The lowest BCUT2D eigenvalue weighted by molar-refractivity contribution is -0.146. The van der Waals surface area contributed by atoms with E-state index in [1.165, 1.54) is 12.8 Å². The fraction of sp³-hybridized carbons (Fsp3) is 0.933. The summed E-state index contributed by atoms with van der Waals surface area (Å²) in [5.41, 5.74) is 0. The molecule has 0 aromatic rings. The average Bonchev–Trinajstić information content (AvgIpc) is 2.38. The first kappa shape index (κ1) is 17.4. The first-order chi connectivity index (χ1) is 9.43. The summed E-state index contributed by atoms with van der Waals surface area (Å²) < 4.78 is 5.17. The quantitative estimate of drug-likeness (QED) is 0.705. The van der Waals surface area contributed by atoms with E-state index in [1.54, 1.807) is 0 Å². The molecule has 1 aliphatic rings. The highest BCUT2D eigenvalue weighted by Gasteiger charge is 2.27. The number of carbonyl (C=O) groups is 1. The molecule has 0 aliphatic carbocycles. The first-order valence-corrected chi connectivity index (χ1v) is 7.75. The number of nitrogens with zero attached hydrogens (tertiary/aromatic N) is 2. The number of rotatable bonds is 7. The van der Waals surface area contributed by atoms with Crippen molar-refractivity contribution in [2.24, 2.45) is 0 Å². The van der Waals surface area contributed by atoms with E-state index in [9.17, 15) is 4.79 Å². The van der Waals surface area contributed by atoms with Crippen LogP contribution in [0.3, 0.4) is 0 Å². The van der Waals surface area contributed by atoms with Gasteiger partial charge in [0.05, 0.1) is 6.61 Å². The minimum atomic E-state index is -0.217. The van der Waals surface area contributed by atoms with Crippen LogP contribution < -0.4 is 5.32 Å². The van der Waals surface area contributed by atoms with Gasteiger partial charge in [-0.1, -0.05) is 13.8 Å². The van der Waals surface area contributed by atoms with Crippen LogP contribution >= 0.6 is 0 Å². The van der Waals surface area contributed by atoms with Gasteiger partial charge >= 0.3 is 5.97 Å². The normalized spacial score (nSPS) is 19.6. The summed E-state index contributed by atoms with van der Waals surface area (Å²) in [4.78, 5) is 16.7. The molecular formula is C15H31N3O2. The molecule has 1 atom stereocenters. The van der Waals surface area contributed by atoms with Crippen molar-refractivity contribution in [3.8, 4) is 0 Å².